The molecule has 5 nitrogen and oxygen atoms in total. The third kappa shape index (κ3) is 5.68. The van der Waals surface area contributed by atoms with Crippen LogP contribution in [0.15, 0.2) is 53.5 Å². The number of amidine groups is 1. The second-order valence-corrected chi connectivity index (χ2v) is 11.5. The van der Waals surface area contributed by atoms with Gasteiger partial charge in [0.2, 0.25) is 5.11 Å². The van der Waals surface area contributed by atoms with Crippen molar-refractivity contribution in [1.29, 1.82) is 0 Å². The van der Waals surface area contributed by atoms with Crippen molar-refractivity contribution in [2.75, 3.05) is 11.4 Å². The molecule has 0 unspecified atom stereocenters. The molecule has 1 saturated carbocycles. The Balaban J connectivity index is 1.39. The number of nitrogens with one attached hydrogen (secondary N) is 1. The molecule has 2 atom stereocenters. The SMILES string of the molecule is CC(C)Oc1cccc(CN2CC[C@]3(C[C@H]2C)C(NC2CCCCC2)=NC(=S)N3c2cccc(F)c2)c1. The second-order valence-electron chi connectivity index (χ2n) is 11.2. The highest BCUT2D eigenvalue weighted by Crippen LogP contribution is 2.41. The third-order valence-electron chi connectivity index (χ3n) is 8.00. The maximum atomic E-state index is 14.3. The normalized spacial score (nSPS) is 25.1. The number of nitrogens with zero attached hydrogens (tertiary/aromatic N) is 3. The van der Waals surface area contributed by atoms with Gasteiger partial charge in [0.25, 0.3) is 0 Å². The average Bonchev–Trinajstić information content (AvgIpc) is 3.11. The number of rotatable bonds is 6. The van der Waals surface area contributed by atoms with Crippen LogP contribution in [0.2, 0.25) is 0 Å². The zero-order valence-electron chi connectivity index (χ0n) is 22.3. The number of benzene rings is 2. The lowest BCUT2D eigenvalue weighted by atomic mass is 9.80. The molecule has 1 aliphatic carbocycles. The smallest absolute Gasteiger partial charge is 0.202 e. The first-order valence-corrected chi connectivity index (χ1v) is 14.2. The Hall–Kier alpha value is -2.51. The lowest BCUT2D eigenvalue weighted by Crippen LogP contribution is -2.63. The molecule has 198 valence electrons. The minimum atomic E-state index is -0.388. The lowest BCUT2D eigenvalue weighted by Gasteiger charge is -2.49. The number of hydrogen-bond donors (Lipinski definition) is 1. The highest BCUT2D eigenvalue weighted by atomic mass is 32.1. The van der Waals surface area contributed by atoms with Crippen molar-refractivity contribution in [3.8, 4) is 5.75 Å². The van der Waals surface area contributed by atoms with Gasteiger partial charge in [-0.05, 0) is 94.6 Å². The Kier molecular flexibility index (Phi) is 7.82. The fraction of sp³-hybridized carbons (Fsp3) is 0.533. The van der Waals surface area contributed by atoms with E-state index in [0.717, 1.165) is 56.0 Å². The Morgan fingerprint density at radius 2 is 1.92 bits per heavy atom. The Morgan fingerprint density at radius 3 is 2.65 bits per heavy atom. The van der Waals surface area contributed by atoms with Crippen molar-refractivity contribution < 1.29 is 9.13 Å². The predicted octanol–water partition coefficient (Wildman–Crippen LogP) is 6.46. The first kappa shape index (κ1) is 26.1. The fourth-order valence-corrected chi connectivity index (χ4v) is 6.64. The van der Waals surface area contributed by atoms with Gasteiger partial charge in [-0.2, -0.15) is 0 Å². The molecule has 1 spiro atoms. The molecule has 2 aromatic rings. The molecule has 0 bridgehead atoms. The summed E-state index contributed by atoms with van der Waals surface area (Å²) in [6.07, 6.45) is 8.02. The number of anilines is 1. The van der Waals surface area contributed by atoms with Gasteiger partial charge in [-0.25, -0.2) is 9.38 Å². The maximum absolute atomic E-state index is 14.3. The van der Waals surface area contributed by atoms with Crippen molar-refractivity contribution in [3.63, 3.8) is 0 Å². The van der Waals surface area contributed by atoms with E-state index in [2.05, 4.69) is 54.1 Å². The highest BCUT2D eigenvalue weighted by molar-refractivity contribution is 7.80. The topological polar surface area (TPSA) is 40.1 Å². The van der Waals surface area contributed by atoms with Crippen molar-refractivity contribution in [3.05, 3.63) is 59.9 Å². The van der Waals surface area contributed by atoms with Gasteiger partial charge < -0.3 is 15.0 Å². The van der Waals surface area contributed by atoms with E-state index in [9.17, 15) is 4.39 Å². The molecule has 0 amide bonds. The van der Waals surface area contributed by atoms with Crippen LogP contribution >= 0.6 is 12.2 Å². The molecule has 0 aromatic heterocycles. The van der Waals surface area contributed by atoms with Crippen molar-refractivity contribution in [2.45, 2.75) is 96.0 Å². The molecule has 37 heavy (non-hydrogen) atoms. The molecule has 2 aliphatic heterocycles. The van der Waals surface area contributed by atoms with Crippen LogP contribution in [0, 0.1) is 5.82 Å². The number of hydrogen-bond acceptors (Lipinski definition) is 4. The minimum absolute atomic E-state index is 0.151. The van der Waals surface area contributed by atoms with Gasteiger partial charge in [0.15, 0.2) is 0 Å². The first-order valence-electron chi connectivity index (χ1n) is 13.8. The van der Waals surface area contributed by atoms with Gasteiger partial charge in [0, 0.05) is 30.9 Å². The molecule has 0 radical (unpaired) electrons. The van der Waals surface area contributed by atoms with E-state index in [4.69, 9.17) is 21.9 Å². The number of likely N-dealkylation sites (tertiary alicyclic amines) is 1. The monoisotopic (exact) mass is 522 g/mol. The van der Waals surface area contributed by atoms with E-state index in [1.807, 2.05) is 12.1 Å². The summed E-state index contributed by atoms with van der Waals surface area (Å²) in [4.78, 5) is 9.59. The highest BCUT2D eigenvalue weighted by Gasteiger charge is 2.52. The van der Waals surface area contributed by atoms with E-state index < -0.39 is 0 Å². The van der Waals surface area contributed by atoms with Gasteiger partial charge in [-0.3, -0.25) is 4.90 Å². The van der Waals surface area contributed by atoms with E-state index in [1.165, 1.54) is 30.9 Å². The second kappa shape index (κ2) is 11.1. The first-order chi connectivity index (χ1) is 17.8. The zero-order valence-corrected chi connectivity index (χ0v) is 23.1. The van der Waals surface area contributed by atoms with Crippen molar-refractivity contribution in [2.24, 2.45) is 4.99 Å². The molecule has 1 N–H and O–H groups in total. The Bertz CT molecular complexity index is 1150. The molecule has 2 fully saturated rings. The van der Waals surface area contributed by atoms with Crippen LogP contribution in [0.4, 0.5) is 10.1 Å². The number of halogens is 1. The average molecular weight is 523 g/mol. The van der Waals surface area contributed by atoms with Crippen LogP contribution in [0.1, 0.15) is 71.3 Å². The molecule has 5 rings (SSSR count). The van der Waals surface area contributed by atoms with Crippen molar-refractivity contribution >= 4 is 28.9 Å². The van der Waals surface area contributed by atoms with Crippen LogP contribution in [-0.2, 0) is 6.54 Å². The Morgan fingerprint density at radius 1 is 1.14 bits per heavy atom. The summed E-state index contributed by atoms with van der Waals surface area (Å²) in [6, 6.07) is 15.9. The van der Waals surface area contributed by atoms with E-state index >= 15 is 0 Å². The molecule has 2 aromatic carbocycles. The molecular weight excluding hydrogens is 483 g/mol. The molecular formula is C30H39FN4OS. The van der Waals surface area contributed by atoms with Crippen LogP contribution in [0.25, 0.3) is 0 Å². The number of ether oxygens (including phenoxy) is 1. The summed E-state index contributed by atoms with van der Waals surface area (Å²) in [5.74, 6) is 1.64. The third-order valence-corrected chi connectivity index (χ3v) is 8.28. The molecule has 3 aliphatic rings. The summed E-state index contributed by atoms with van der Waals surface area (Å²) in [6.45, 7) is 8.15. The van der Waals surface area contributed by atoms with Crippen LogP contribution in [0.3, 0.4) is 0 Å². The summed E-state index contributed by atoms with van der Waals surface area (Å²) in [7, 11) is 0. The summed E-state index contributed by atoms with van der Waals surface area (Å²) in [5, 5.41) is 4.36. The van der Waals surface area contributed by atoms with Crippen LogP contribution < -0.4 is 15.0 Å². The molecule has 1 saturated heterocycles. The van der Waals surface area contributed by atoms with E-state index in [-0.39, 0.29) is 17.5 Å². The quantitative estimate of drug-likeness (QED) is 0.441. The van der Waals surface area contributed by atoms with Gasteiger partial charge in [0.05, 0.1) is 6.10 Å². The largest absolute Gasteiger partial charge is 0.491 e. The molecule has 7 heteroatoms. The fourth-order valence-electron chi connectivity index (χ4n) is 6.26. The van der Waals surface area contributed by atoms with Gasteiger partial charge in [-0.1, -0.05) is 37.5 Å². The summed E-state index contributed by atoms with van der Waals surface area (Å²) >= 11 is 5.83. The number of aliphatic imine (C=N–C) groups is 1. The zero-order chi connectivity index (χ0) is 26.0. The van der Waals surface area contributed by atoms with E-state index in [0.29, 0.717) is 17.2 Å². The van der Waals surface area contributed by atoms with Gasteiger partial charge >= 0.3 is 0 Å². The number of thiocarbonyl (C=S) groups is 1. The minimum Gasteiger partial charge on any atom is -0.491 e. The summed E-state index contributed by atoms with van der Waals surface area (Å²) in [5.41, 5.74) is 1.65. The van der Waals surface area contributed by atoms with Gasteiger partial charge in [-0.15, -0.1) is 0 Å². The standard InChI is InChI=1S/C30H39FN4OS/c1-21(2)36-27-14-7-9-23(17-27)20-34-16-15-30(19-22(34)3)28(32-25-11-5-4-6-12-25)33-29(37)35(30)26-13-8-10-24(31)18-26/h7-10,13-14,17-18,21-22,25H,4-6,11-12,15-16,19-20H2,1-3H3,(H,32,33,37)/t22-,30+/m1/s1. The maximum Gasteiger partial charge on any atom is 0.202 e. The Labute approximate surface area is 226 Å². The van der Waals surface area contributed by atoms with Crippen LogP contribution in [-0.4, -0.2) is 46.1 Å². The van der Waals surface area contributed by atoms with E-state index in [1.54, 1.807) is 12.1 Å². The van der Waals surface area contributed by atoms with Gasteiger partial charge in [0.1, 0.15) is 22.9 Å². The summed E-state index contributed by atoms with van der Waals surface area (Å²) < 4.78 is 20.2. The lowest BCUT2D eigenvalue weighted by molar-refractivity contribution is 0.123. The van der Waals surface area contributed by atoms with Crippen molar-refractivity contribution in [1.82, 2.24) is 10.2 Å². The predicted molar refractivity (Wildman–Crippen MR) is 153 cm³/mol. The number of piperidine rings is 1. The molecule has 2 heterocycles. The van der Waals surface area contributed by atoms with Crippen LogP contribution in [0.5, 0.6) is 5.75 Å².